The molecule has 0 atom stereocenters. The van der Waals surface area contributed by atoms with Crippen molar-refractivity contribution >= 4 is 56.8 Å². The van der Waals surface area contributed by atoms with Crippen LogP contribution >= 0.6 is 38.9 Å². The zero-order valence-electron chi connectivity index (χ0n) is 14.6. The van der Waals surface area contributed by atoms with Gasteiger partial charge in [0.25, 0.3) is 0 Å². The summed E-state index contributed by atoms with van der Waals surface area (Å²) in [6.45, 7) is 0.558. The number of thiazole rings is 1. The van der Waals surface area contributed by atoms with Crippen LogP contribution in [0.15, 0.2) is 45.8 Å². The van der Waals surface area contributed by atoms with Crippen molar-refractivity contribution in [2.24, 2.45) is 0 Å². The van der Waals surface area contributed by atoms with E-state index >= 15 is 0 Å². The fraction of sp³-hybridized carbons (Fsp3) is 0.167. The highest BCUT2D eigenvalue weighted by atomic mass is 79.9. The predicted octanol–water partition coefficient (Wildman–Crippen LogP) is 4.74. The lowest BCUT2D eigenvalue weighted by molar-refractivity contribution is 0.0600. The van der Waals surface area contributed by atoms with Crippen molar-refractivity contribution in [3.05, 3.63) is 67.8 Å². The smallest absolute Gasteiger partial charge is 0.337 e. The van der Waals surface area contributed by atoms with Crippen molar-refractivity contribution in [1.82, 2.24) is 9.55 Å². The highest BCUT2D eigenvalue weighted by molar-refractivity contribution is 9.11. The minimum absolute atomic E-state index is 0.308. The Kier molecular flexibility index (Phi) is 8.02. The van der Waals surface area contributed by atoms with Gasteiger partial charge in [-0.3, -0.25) is 4.79 Å². The Balaban J connectivity index is 0.000000199. The molecule has 0 unspecified atom stereocenters. The van der Waals surface area contributed by atoms with Crippen LogP contribution in [-0.2, 0) is 11.3 Å². The Bertz CT molecular complexity index is 909. The van der Waals surface area contributed by atoms with Crippen molar-refractivity contribution < 1.29 is 14.3 Å². The van der Waals surface area contributed by atoms with Gasteiger partial charge >= 0.3 is 5.97 Å². The van der Waals surface area contributed by atoms with Crippen LogP contribution in [0.1, 0.15) is 26.5 Å². The molecule has 6 nitrogen and oxygen atoms in total. The number of esters is 1. The molecule has 142 valence electrons. The molecule has 27 heavy (non-hydrogen) atoms. The number of nitrogens with one attached hydrogen (secondary N) is 1. The molecule has 3 rings (SSSR count). The number of nitrogens with zero attached hydrogens (tertiary/aromatic N) is 2. The molecule has 0 fully saturated rings. The largest absolute Gasteiger partial charge is 0.465 e. The van der Waals surface area contributed by atoms with Crippen molar-refractivity contribution in [2.75, 3.05) is 19.5 Å². The van der Waals surface area contributed by atoms with Gasteiger partial charge in [0.05, 0.1) is 35.6 Å². The van der Waals surface area contributed by atoms with Crippen molar-refractivity contribution in [3.8, 4) is 0 Å². The molecular weight excluding hydrogens is 454 g/mol. The van der Waals surface area contributed by atoms with E-state index in [1.165, 1.54) is 18.4 Å². The number of aldehydes is 1. The Morgan fingerprint density at radius 1 is 1.41 bits per heavy atom. The average molecular weight is 471 g/mol. The summed E-state index contributed by atoms with van der Waals surface area (Å²) in [5.74, 6) is -0.308. The first-order valence-electron chi connectivity index (χ1n) is 7.73. The number of halogens is 2. The summed E-state index contributed by atoms with van der Waals surface area (Å²) in [5, 5.41) is 5.46. The first kappa shape index (κ1) is 21.1. The lowest BCUT2D eigenvalue weighted by Crippen LogP contribution is -2.02. The maximum Gasteiger partial charge on any atom is 0.337 e. The van der Waals surface area contributed by atoms with E-state index in [1.807, 2.05) is 24.6 Å². The maximum absolute atomic E-state index is 11.0. The number of anilines is 1. The Labute approximate surface area is 174 Å². The molecular formula is C18H17BrClN3O3S. The van der Waals surface area contributed by atoms with Gasteiger partial charge in [-0.25, -0.2) is 9.78 Å². The van der Waals surface area contributed by atoms with Crippen molar-refractivity contribution in [2.45, 2.75) is 6.54 Å². The number of methoxy groups -OCH3 is 1. The third-order valence-electron chi connectivity index (χ3n) is 3.47. The van der Waals surface area contributed by atoms with Gasteiger partial charge in [0.2, 0.25) is 0 Å². The average Bonchev–Trinajstić information content (AvgIpc) is 3.26. The molecule has 0 aliphatic rings. The standard InChI is InChI=1S/C9H6BrClN2OS.C9H11NO2/c10-9-12-7(5-15-9)3-13-2-6(11)1-8(13)4-14;1-10-8-5-3-7(4-6-8)9(11)12-2/h1-2,4-5H,3H2;3-6,10H,1-2H3. The summed E-state index contributed by atoms with van der Waals surface area (Å²) in [7, 11) is 3.20. The number of rotatable bonds is 5. The summed E-state index contributed by atoms with van der Waals surface area (Å²) in [6, 6.07) is 8.73. The minimum Gasteiger partial charge on any atom is -0.465 e. The van der Waals surface area contributed by atoms with E-state index in [4.69, 9.17) is 11.6 Å². The molecule has 3 aromatic rings. The topological polar surface area (TPSA) is 73.2 Å². The molecule has 0 aliphatic heterocycles. The molecule has 9 heteroatoms. The van der Waals surface area contributed by atoms with Gasteiger partial charge in [-0.1, -0.05) is 11.6 Å². The monoisotopic (exact) mass is 469 g/mol. The first-order valence-corrected chi connectivity index (χ1v) is 9.78. The third-order valence-corrected chi connectivity index (χ3v) is 5.09. The summed E-state index contributed by atoms with van der Waals surface area (Å²) in [4.78, 5) is 25.9. The Morgan fingerprint density at radius 3 is 2.63 bits per heavy atom. The zero-order chi connectivity index (χ0) is 19.8. The fourth-order valence-corrected chi connectivity index (χ4v) is 3.41. The van der Waals surface area contributed by atoms with Gasteiger partial charge in [-0.05, 0) is 46.3 Å². The number of hydrogen-bond acceptors (Lipinski definition) is 6. The normalized spacial score (nSPS) is 9.93. The molecule has 0 radical (unpaired) electrons. The van der Waals surface area contributed by atoms with Crippen molar-refractivity contribution in [3.63, 3.8) is 0 Å². The van der Waals surface area contributed by atoms with Crippen LogP contribution in [0.4, 0.5) is 5.69 Å². The van der Waals surface area contributed by atoms with E-state index in [1.54, 1.807) is 29.0 Å². The molecule has 2 aromatic heterocycles. The van der Waals surface area contributed by atoms with Crippen LogP contribution in [0, 0.1) is 0 Å². The second-order valence-electron chi connectivity index (χ2n) is 5.24. The number of carbonyl (C=O) groups is 2. The predicted molar refractivity (Wildman–Crippen MR) is 111 cm³/mol. The Hall–Kier alpha value is -2.16. The summed E-state index contributed by atoms with van der Waals surface area (Å²) >= 11 is 10.6. The van der Waals surface area contributed by atoms with Gasteiger partial charge in [-0.2, -0.15) is 0 Å². The van der Waals surface area contributed by atoms with Gasteiger partial charge in [0, 0.05) is 24.3 Å². The van der Waals surface area contributed by atoms with Gasteiger partial charge < -0.3 is 14.6 Å². The second kappa shape index (κ2) is 10.2. The van der Waals surface area contributed by atoms with Crippen LogP contribution in [0.25, 0.3) is 0 Å². The SMILES string of the molecule is CNc1ccc(C(=O)OC)cc1.O=Cc1cc(Cl)cn1Cc1csc(Br)n1. The lowest BCUT2D eigenvalue weighted by Gasteiger charge is -2.01. The van der Waals surface area contributed by atoms with Crippen LogP contribution in [0.2, 0.25) is 5.02 Å². The second-order valence-corrected chi connectivity index (χ2v) is 7.81. The number of ether oxygens (including phenoxy) is 1. The summed E-state index contributed by atoms with van der Waals surface area (Å²) in [6.07, 6.45) is 2.51. The minimum atomic E-state index is -0.308. The van der Waals surface area contributed by atoms with Crippen LogP contribution in [-0.4, -0.2) is 36.0 Å². The van der Waals surface area contributed by atoms with Gasteiger partial charge in [0.1, 0.15) is 0 Å². The lowest BCUT2D eigenvalue weighted by atomic mass is 10.2. The molecule has 0 amide bonds. The molecule has 1 N–H and O–H groups in total. The number of benzene rings is 1. The highest BCUT2D eigenvalue weighted by Gasteiger charge is 2.06. The zero-order valence-corrected chi connectivity index (χ0v) is 17.8. The summed E-state index contributed by atoms with van der Waals surface area (Å²) in [5.41, 5.74) is 3.01. The van der Waals surface area contributed by atoms with E-state index in [0.29, 0.717) is 22.8 Å². The van der Waals surface area contributed by atoms with E-state index in [-0.39, 0.29) is 5.97 Å². The molecule has 0 spiro atoms. The van der Waals surface area contributed by atoms with Crippen molar-refractivity contribution in [1.29, 1.82) is 0 Å². The highest BCUT2D eigenvalue weighted by Crippen LogP contribution is 2.19. The fourth-order valence-electron chi connectivity index (χ4n) is 2.14. The van der Waals surface area contributed by atoms with Crippen LogP contribution < -0.4 is 5.32 Å². The van der Waals surface area contributed by atoms with Crippen LogP contribution in [0.5, 0.6) is 0 Å². The molecule has 0 aliphatic carbocycles. The quantitative estimate of drug-likeness (QED) is 0.431. The number of carbonyl (C=O) groups excluding carboxylic acids is 2. The Morgan fingerprint density at radius 2 is 2.11 bits per heavy atom. The van der Waals surface area contributed by atoms with Gasteiger partial charge in [0.15, 0.2) is 10.2 Å². The first-order chi connectivity index (χ1) is 13.0. The van der Waals surface area contributed by atoms with Crippen LogP contribution in [0.3, 0.4) is 0 Å². The van der Waals surface area contributed by atoms with E-state index in [9.17, 15) is 9.59 Å². The molecule has 0 bridgehead atoms. The van der Waals surface area contributed by atoms with Gasteiger partial charge in [-0.15, -0.1) is 11.3 Å². The van der Waals surface area contributed by atoms with E-state index in [0.717, 1.165) is 21.6 Å². The molecule has 0 saturated carbocycles. The third kappa shape index (κ3) is 6.20. The van der Waals surface area contributed by atoms with E-state index < -0.39 is 0 Å². The molecule has 0 saturated heterocycles. The summed E-state index contributed by atoms with van der Waals surface area (Å²) < 4.78 is 7.16. The maximum atomic E-state index is 11.0. The number of aromatic nitrogens is 2. The van der Waals surface area contributed by atoms with E-state index in [2.05, 4.69) is 31.0 Å². The molecule has 2 heterocycles. The molecule has 1 aromatic carbocycles. The number of hydrogen-bond donors (Lipinski definition) is 1.